The van der Waals surface area contributed by atoms with Gasteiger partial charge in [-0.15, -0.1) is 0 Å². The van der Waals surface area contributed by atoms with Crippen LogP contribution in [0.25, 0.3) is 0 Å². The van der Waals surface area contributed by atoms with Crippen LogP contribution in [0.4, 0.5) is 0 Å². The Bertz CT molecular complexity index is 415. The number of rotatable bonds is 3. The fraction of sp³-hybridized carbons (Fsp3) is 0.417. The van der Waals surface area contributed by atoms with Crippen LogP contribution >= 0.6 is 0 Å². The Morgan fingerprint density at radius 3 is 2.88 bits per heavy atom. The van der Waals surface area contributed by atoms with Gasteiger partial charge in [-0.25, -0.2) is 0 Å². The average Bonchev–Trinajstić information content (AvgIpc) is 2.28. The minimum atomic E-state index is 0.0212. The lowest BCUT2D eigenvalue weighted by Crippen LogP contribution is -2.22. The zero-order chi connectivity index (χ0) is 11.5. The summed E-state index contributed by atoms with van der Waals surface area (Å²) in [5.74, 6) is 1.27. The van der Waals surface area contributed by atoms with Gasteiger partial charge < -0.3 is 14.8 Å². The first-order valence-corrected chi connectivity index (χ1v) is 5.30. The number of ether oxygens (including phenoxy) is 2. The van der Waals surface area contributed by atoms with Gasteiger partial charge in [-0.1, -0.05) is 0 Å². The van der Waals surface area contributed by atoms with E-state index in [0.29, 0.717) is 36.8 Å². The van der Waals surface area contributed by atoms with Gasteiger partial charge in [0.2, 0.25) is 0 Å². The maximum atomic E-state index is 11.9. The third-order valence-corrected chi connectivity index (χ3v) is 2.42. The van der Waals surface area contributed by atoms with Crippen molar-refractivity contribution in [1.82, 2.24) is 5.32 Å². The van der Waals surface area contributed by atoms with Crippen molar-refractivity contribution in [3.63, 3.8) is 0 Å². The molecule has 0 aromatic heterocycles. The highest BCUT2D eigenvalue weighted by atomic mass is 16.6. The Morgan fingerprint density at radius 1 is 1.38 bits per heavy atom. The molecule has 1 heterocycles. The first-order valence-electron chi connectivity index (χ1n) is 5.30. The van der Waals surface area contributed by atoms with Gasteiger partial charge in [0, 0.05) is 0 Å². The minimum absolute atomic E-state index is 0.0212. The van der Waals surface area contributed by atoms with E-state index in [2.05, 4.69) is 5.32 Å². The van der Waals surface area contributed by atoms with E-state index >= 15 is 0 Å². The van der Waals surface area contributed by atoms with E-state index in [0.717, 1.165) is 5.56 Å². The summed E-state index contributed by atoms with van der Waals surface area (Å²) in [4.78, 5) is 11.9. The highest BCUT2D eigenvalue weighted by molar-refractivity contribution is 6.01. The zero-order valence-corrected chi connectivity index (χ0v) is 9.50. The summed E-state index contributed by atoms with van der Waals surface area (Å²) in [6, 6.07) is 3.73. The van der Waals surface area contributed by atoms with Crippen molar-refractivity contribution in [1.29, 1.82) is 0 Å². The molecular formula is C12H15NO3. The number of fused-ring (bicyclic) bond motifs is 1. The molecule has 86 valence electrons. The van der Waals surface area contributed by atoms with Crippen molar-refractivity contribution in [2.75, 3.05) is 26.8 Å². The Morgan fingerprint density at radius 2 is 2.12 bits per heavy atom. The van der Waals surface area contributed by atoms with Crippen LogP contribution < -0.4 is 14.8 Å². The lowest BCUT2D eigenvalue weighted by atomic mass is 10.1. The lowest BCUT2D eigenvalue weighted by molar-refractivity contribution is 0.0982. The number of nitrogens with one attached hydrogen (secondary N) is 1. The lowest BCUT2D eigenvalue weighted by Gasteiger charge is -2.21. The summed E-state index contributed by atoms with van der Waals surface area (Å²) in [5.41, 5.74) is 1.60. The van der Waals surface area contributed by atoms with Gasteiger partial charge in [0.1, 0.15) is 13.2 Å². The highest BCUT2D eigenvalue weighted by Gasteiger charge is 2.20. The molecule has 0 spiro atoms. The van der Waals surface area contributed by atoms with Crippen LogP contribution in [-0.4, -0.2) is 32.6 Å². The van der Waals surface area contributed by atoms with Crippen LogP contribution in [0.1, 0.15) is 15.9 Å². The average molecular weight is 221 g/mol. The highest BCUT2D eigenvalue weighted by Crippen LogP contribution is 2.35. The van der Waals surface area contributed by atoms with Crippen molar-refractivity contribution in [3.05, 3.63) is 23.3 Å². The van der Waals surface area contributed by atoms with Gasteiger partial charge in [0.05, 0.1) is 12.1 Å². The van der Waals surface area contributed by atoms with E-state index in [1.807, 2.05) is 19.1 Å². The number of benzene rings is 1. The van der Waals surface area contributed by atoms with Gasteiger partial charge in [0.25, 0.3) is 0 Å². The van der Waals surface area contributed by atoms with Crippen molar-refractivity contribution < 1.29 is 14.3 Å². The monoisotopic (exact) mass is 221 g/mol. The zero-order valence-electron chi connectivity index (χ0n) is 9.50. The fourth-order valence-electron chi connectivity index (χ4n) is 1.75. The van der Waals surface area contributed by atoms with Gasteiger partial charge in [-0.3, -0.25) is 4.79 Å². The molecule has 1 N–H and O–H groups in total. The van der Waals surface area contributed by atoms with E-state index < -0.39 is 0 Å². The fourth-order valence-corrected chi connectivity index (χ4v) is 1.75. The van der Waals surface area contributed by atoms with E-state index in [-0.39, 0.29) is 5.78 Å². The largest absolute Gasteiger partial charge is 0.486 e. The number of hydrogen-bond donors (Lipinski definition) is 1. The molecule has 0 atom stereocenters. The molecule has 4 nitrogen and oxygen atoms in total. The molecule has 1 aromatic rings. The van der Waals surface area contributed by atoms with Crippen LogP contribution in [-0.2, 0) is 0 Å². The summed E-state index contributed by atoms with van der Waals surface area (Å²) in [7, 11) is 1.75. The molecule has 1 aromatic carbocycles. The van der Waals surface area contributed by atoms with Crippen molar-refractivity contribution >= 4 is 5.78 Å². The van der Waals surface area contributed by atoms with Crippen molar-refractivity contribution in [2.45, 2.75) is 6.92 Å². The van der Waals surface area contributed by atoms with Crippen LogP contribution in [0.2, 0.25) is 0 Å². The molecule has 1 aliphatic heterocycles. The first kappa shape index (κ1) is 11.0. The summed E-state index contributed by atoms with van der Waals surface area (Å²) < 4.78 is 11.0. The Balaban J connectivity index is 2.43. The van der Waals surface area contributed by atoms with E-state index in [1.165, 1.54) is 0 Å². The molecule has 1 aliphatic rings. The molecule has 4 heteroatoms. The number of carbonyl (C=O) groups excluding carboxylic acids is 1. The van der Waals surface area contributed by atoms with E-state index in [4.69, 9.17) is 9.47 Å². The van der Waals surface area contributed by atoms with Gasteiger partial charge in [-0.2, -0.15) is 0 Å². The second-order valence-electron chi connectivity index (χ2n) is 3.79. The van der Waals surface area contributed by atoms with Crippen molar-refractivity contribution in [2.24, 2.45) is 0 Å². The molecule has 0 amide bonds. The van der Waals surface area contributed by atoms with Gasteiger partial charge >= 0.3 is 0 Å². The smallest absolute Gasteiger partial charge is 0.180 e. The van der Waals surface area contributed by atoms with E-state index in [9.17, 15) is 4.79 Å². The number of carbonyl (C=O) groups is 1. The summed E-state index contributed by atoms with van der Waals surface area (Å²) in [6.07, 6.45) is 0. The molecule has 2 rings (SSSR count). The number of ketones is 1. The van der Waals surface area contributed by atoms with E-state index in [1.54, 1.807) is 7.05 Å². The van der Waals surface area contributed by atoms with Crippen LogP contribution in [0.3, 0.4) is 0 Å². The minimum Gasteiger partial charge on any atom is -0.486 e. The summed E-state index contributed by atoms with van der Waals surface area (Å²) in [6.45, 7) is 3.28. The second-order valence-corrected chi connectivity index (χ2v) is 3.79. The molecule has 0 saturated heterocycles. The van der Waals surface area contributed by atoms with Crippen molar-refractivity contribution in [3.8, 4) is 11.5 Å². The van der Waals surface area contributed by atoms with Crippen LogP contribution in [0, 0.1) is 6.92 Å². The number of Topliss-reactive ketones (excluding diaryl/α,β-unsaturated/α-hetero) is 1. The SMILES string of the molecule is CNCC(=O)c1cc(C)cc2c1OCCO2. The molecule has 0 fully saturated rings. The second kappa shape index (κ2) is 4.53. The number of hydrogen-bond acceptors (Lipinski definition) is 4. The quantitative estimate of drug-likeness (QED) is 0.778. The maximum Gasteiger partial charge on any atom is 0.180 e. The number of aryl methyl sites for hydroxylation is 1. The normalized spacial score (nSPS) is 13.6. The predicted octanol–water partition coefficient (Wildman–Crippen LogP) is 1.17. The van der Waals surface area contributed by atoms with Crippen LogP contribution in [0.5, 0.6) is 11.5 Å². The molecule has 16 heavy (non-hydrogen) atoms. The first-order chi connectivity index (χ1) is 7.72. The molecule has 0 bridgehead atoms. The predicted molar refractivity (Wildman–Crippen MR) is 60.4 cm³/mol. The standard InChI is InChI=1S/C12H15NO3/c1-8-5-9(10(14)7-13-2)12-11(6-8)15-3-4-16-12/h5-6,13H,3-4,7H2,1-2H3. The Kier molecular flexibility index (Phi) is 3.10. The molecule has 0 aliphatic carbocycles. The van der Waals surface area contributed by atoms with Gasteiger partial charge in [-0.05, 0) is 31.7 Å². The summed E-state index contributed by atoms with van der Waals surface area (Å²) >= 11 is 0. The van der Waals surface area contributed by atoms with Gasteiger partial charge in [0.15, 0.2) is 17.3 Å². The topological polar surface area (TPSA) is 47.6 Å². The number of likely N-dealkylation sites (N-methyl/N-ethyl adjacent to an activating group) is 1. The summed E-state index contributed by atoms with van der Waals surface area (Å²) in [5, 5.41) is 2.85. The molecular weight excluding hydrogens is 206 g/mol. The molecule has 0 radical (unpaired) electrons. The Labute approximate surface area is 94.6 Å². The van der Waals surface area contributed by atoms with Crippen LogP contribution in [0.15, 0.2) is 12.1 Å². The maximum absolute atomic E-state index is 11.9. The Hall–Kier alpha value is -1.55. The third-order valence-electron chi connectivity index (χ3n) is 2.42. The molecule has 0 unspecified atom stereocenters. The molecule has 0 saturated carbocycles. The third kappa shape index (κ3) is 2.02.